The molecule has 26 heavy (non-hydrogen) atoms. The van der Waals surface area contributed by atoms with Gasteiger partial charge in [0.1, 0.15) is 17.3 Å². The van der Waals surface area contributed by atoms with E-state index < -0.39 is 0 Å². The fraction of sp³-hybridized carbons (Fsp3) is 0.368. The van der Waals surface area contributed by atoms with Gasteiger partial charge in [-0.05, 0) is 50.5 Å². The Kier molecular flexibility index (Phi) is 5.46. The van der Waals surface area contributed by atoms with Gasteiger partial charge in [-0.15, -0.1) is 0 Å². The maximum absolute atomic E-state index is 12.7. The molecule has 3 rings (SSSR count). The van der Waals surface area contributed by atoms with E-state index in [1.54, 1.807) is 37.3 Å². The number of piperidine rings is 1. The Morgan fingerprint density at radius 2 is 1.77 bits per heavy atom. The average Bonchev–Trinajstić information content (AvgIpc) is 2.67. The van der Waals surface area contributed by atoms with Crippen molar-refractivity contribution in [1.29, 1.82) is 0 Å². The molecule has 0 atom stereocenters. The summed E-state index contributed by atoms with van der Waals surface area (Å²) in [6.07, 6.45) is 3.24. The lowest BCUT2D eigenvalue weighted by Crippen LogP contribution is -2.36. The maximum atomic E-state index is 12.7. The minimum absolute atomic E-state index is 0.0562. The highest BCUT2D eigenvalue weighted by molar-refractivity contribution is 5.93. The van der Waals surface area contributed by atoms with Gasteiger partial charge in [-0.3, -0.25) is 4.79 Å². The Bertz CT molecular complexity index is 799. The van der Waals surface area contributed by atoms with Crippen molar-refractivity contribution in [2.75, 3.05) is 25.5 Å². The zero-order chi connectivity index (χ0) is 18.5. The van der Waals surface area contributed by atoms with Crippen molar-refractivity contribution < 1.29 is 14.3 Å². The highest BCUT2D eigenvalue weighted by Gasteiger charge is 2.20. The minimum atomic E-state index is -0.385. The van der Waals surface area contributed by atoms with Gasteiger partial charge in [0, 0.05) is 24.8 Å². The van der Waals surface area contributed by atoms with Crippen molar-refractivity contribution in [3.8, 4) is 0 Å². The zero-order valence-electron chi connectivity index (χ0n) is 15.0. The lowest BCUT2D eigenvalue weighted by Gasteiger charge is -2.26. The third-order valence-corrected chi connectivity index (χ3v) is 4.28. The Hall–Kier alpha value is -2.96. The van der Waals surface area contributed by atoms with E-state index in [9.17, 15) is 9.59 Å². The molecule has 1 N–H and O–H groups in total. The molecule has 1 aliphatic rings. The number of nitrogens with zero attached hydrogens (tertiary/aromatic N) is 3. The SMILES string of the molecule is COC(=O)c1ccc(Nc2cc(C(=O)N3CCCCC3)nc(C)n2)cc1. The van der Waals surface area contributed by atoms with Crippen molar-refractivity contribution in [3.63, 3.8) is 0 Å². The molecule has 136 valence electrons. The number of carbonyl (C=O) groups is 2. The average molecular weight is 354 g/mol. The first-order valence-electron chi connectivity index (χ1n) is 8.67. The Morgan fingerprint density at radius 3 is 2.42 bits per heavy atom. The van der Waals surface area contributed by atoms with Gasteiger partial charge in [0.2, 0.25) is 0 Å². The van der Waals surface area contributed by atoms with Crippen LogP contribution in [0.15, 0.2) is 30.3 Å². The number of nitrogens with one attached hydrogen (secondary N) is 1. The summed E-state index contributed by atoms with van der Waals surface area (Å²) < 4.78 is 4.69. The second-order valence-electron chi connectivity index (χ2n) is 6.23. The fourth-order valence-corrected chi connectivity index (χ4v) is 2.96. The number of methoxy groups -OCH3 is 1. The van der Waals surface area contributed by atoms with Crippen LogP contribution in [0.3, 0.4) is 0 Å². The van der Waals surface area contributed by atoms with Crippen molar-refractivity contribution in [3.05, 3.63) is 47.4 Å². The molecule has 0 spiro atoms. The predicted octanol–water partition coefficient (Wildman–Crippen LogP) is 2.94. The van der Waals surface area contributed by atoms with E-state index in [1.807, 2.05) is 4.90 Å². The lowest BCUT2D eigenvalue weighted by atomic mass is 10.1. The van der Waals surface area contributed by atoms with Crippen LogP contribution >= 0.6 is 0 Å². The second kappa shape index (κ2) is 7.95. The molecule has 0 saturated carbocycles. The Morgan fingerprint density at radius 1 is 1.08 bits per heavy atom. The van der Waals surface area contributed by atoms with Gasteiger partial charge in [0.05, 0.1) is 12.7 Å². The zero-order valence-corrected chi connectivity index (χ0v) is 15.0. The third-order valence-electron chi connectivity index (χ3n) is 4.28. The number of likely N-dealkylation sites (tertiary alicyclic amines) is 1. The number of hydrogen-bond donors (Lipinski definition) is 1. The number of esters is 1. The normalized spacial score (nSPS) is 14.0. The number of amides is 1. The number of carbonyl (C=O) groups excluding carboxylic acids is 2. The van der Waals surface area contributed by atoms with Crippen LogP contribution in [0.25, 0.3) is 0 Å². The smallest absolute Gasteiger partial charge is 0.337 e. The van der Waals surface area contributed by atoms with Gasteiger partial charge in [-0.2, -0.15) is 0 Å². The van der Waals surface area contributed by atoms with Crippen LogP contribution in [-0.4, -0.2) is 46.9 Å². The van der Waals surface area contributed by atoms with E-state index in [0.29, 0.717) is 22.9 Å². The minimum Gasteiger partial charge on any atom is -0.465 e. The Balaban J connectivity index is 1.77. The number of aromatic nitrogens is 2. The summed E-state index contributed by atoms with van der Waals surface area (Å²) in [7, 11) is 1.35. The van der Waals surface area contributed by atoms with Gasteiger partial charge in [-0.1, -0.05) is 0 Å². The first-order chi connectivity index (χ1) is 12.6. The number of benzene rings is 1. The maximum Gasteiger partial charge on any atom is 0.337 e. The second-order valence-corrected chi connectivity index (χ2v) is 6.23. The van der Waals surface area contributed by atoms with E-state index in [4.69, 9.17) is 0 Å². The van der Waals surface area contributed by atoms with Crippen molar-refractivity contribution in [2.45, 2.75) is 26.2 Å². The molecule has 0 aliphatic carbocycles. The molecule has 1 saturated heterocycles. The molecule has 0 radical (unpaired) electrons. The number of hydrogen-bond acceptors (Lipinski definition) is 6. The molecule has 0 unspecified atom stereocenters. The summed E-state index contributed by atoms with van der Waals surface area (Å²) >= 11 is 0. The highest BCUT2D eigenvalue weighted by atomic mass is 16.5. The van der Waals surface area contributed by atoms with E-state index >= 15 is 0 Å². The predicted molar refractivity (Wildman–Crippen MR) is 97.6 cm³/mol. The fourth-order valence-electron chi connectivity index (χ4n) is 2.96. The first kappa shape index (κ1) is 17.8. The summed E-state index contributed by atoms with van der Waals surface area (Å²) in [5.41, 5.74) is 1.62. The Labute approximate surface area is 152 Å². The van der Waals surface area contributed by atoms with Gasteiger partial charge in [0.25, 0.3) is 5.91 Å². The van der Waals surface area contributed by atoms with Crippen molar-refractivity contribution in [1.82, 2.24) is 14.9 Å². The summed E-state index contributed by atoms with van der Waals surface area (Å²) in [4.78, 5) is 34.6. The van der Waals surface area contributed by atoms with E-state index in [1.165, 1.54) is 13.5 Å². The number of anilines is 2. The van der Waals surface area contributed by atoms with Gasteiger partial charge in [0.15, 0.2) is 0 Å². The molecular weight excluding hydrogens is 332 g/mol. The summed E-state index contributed by atoms with van der Waals surface area (Å²) in [6.45, 7) is 3.32. The van der Waals surface area contributed by atoms with E-state index in [2.05, 4.69) is 20.0 Å². The van der Waals surface area contributed by atoms with Crippen LogP contribution in [0.2, 0.25) is 0 Å². The molecule has 1 aromatic heterocycles. The summed E-state index contributed by atoms with van der Waals surface area (Å²) in [6, 6.07) is 8.52. The summed E-state index contributed by atoms with van der Waals surface area (Å²) in [5, 5.41) is 3.15. The van der Waals surface area contributed by atoms with Crippen LogP contribution in [0, 0.1) is 6.92 Å². The van der Waals surface area contributed by atoms with Crippen LogP contribution in [0.4, 0.5) is 11.5 Å². The van der Waals surface area contributed by atoms with Gasteiger partial charge in [-0.25, -0.2) is 14.8 Å². The van der Waals surface area contributed by atoms with Crippen LogP contribution in [0.1, 0.15) is 45.9 Å². The standard InChI is InChI=1S/C19H22N4O3/c1-13-20-16(18(24)23-10-4-3-5-11-23)12-17(21-13)22-15-8-6-14(7-9-15)19(25)26-2/h6-9,12H,3-5,10-11H2,1-2H3,(H,20,21,22). The van der Waals surface area contributed by atoms with Gasteiger partial charge >= 0.3 is 5.97 Å². The largest absolute Gasteiger partial charge is 0.465 e. The molecule has 1 aliphatic heterocycles. The molecule has 1 amide bonds. The van der Waals surface area contributed by atoms with E-state index in [0.717, 1.165) is 31.6 Å². The molecule has 1 fully saturated rings. The molecule has 2 heterocycles. The molecule has 7 nitrogen and oxygen atoms in total. The van der Waals surface area contributed by atoms with E-state index in [-0.39, 0.29) is 11.9 Å². The van der Waals surface area contributed by atoms with Crippen LogP contribution in [-0.2, 0) is 4.74 Å². The quantitative estimate of drug-likeness (QED) is 0.850. The van der Waals surface area contributed by atoms with Crippen molar-refractivity contribution in [2.24, 2.45) is 0 Å². The summed E-state index contributed by atoms with van der Waals surface area (Å²) in [5.74, 6) is 0.633. The molecule has 7 heteroatoms. The third kappa shape index (κ3) is 4.17. The monoisotopic (exact) mass is 354 g/mol. The van der Waals surface area contributed by atoms with Crippen molar-refractivity contribution >= 4 is 23.4 Å². The topological polar surface area (TPSA) is 84.4 Å². The highest BCUT2D eigenvalue weighted by Crippen LogP contribution is 2.18. The number of ether oxygens (including phenoxy) is 1. The molecular formula is C19H22N4O3. The number of rotatable bonds is 4. The van der Waals surface area contributed by atoms with Crippen LogP contribution < -0.4 is 5.32 Å². The lowest BCUT2D eigenvalue weighted by molar-refractivity contribution is 0.0600. The van der Waals surface area contributed by atoms with Gasteiger partial charge < -0.3 is 15.0 Å². The number of aryl methyl sites for hydroxylation is 1. The molecule has 2 aromatic rings. The molecule has 1 aromatic carbocycles. The van der Waals surface area contributed by atoms with Crippen LogP contribution in [0.5, 0.6) is 0 Å². The molecule has 0 bridgehead atoms. The first-order valence-corrected chi connectivity index (χ1v) is 8.67.